The third-order valence-corrected chi connectivity index (χ3v) is 4.06. The molecule has 0 unspecified atom stereocenters. The van der Waals surface area contributed by atoms with Crippen LogP contribution in [0.5, 0.6) is 11.5 Å². The van der Waals surface area contributed by atoms with Crippen LogP contribution in [0.2, 0.25) is 0 Å². The summed E-state index contributed by atoms with van der Waals surface area (Å²) in [5.74, 6) is 1.73. The van der Waals surface area contributed by atoms with E-state index in [2.05, 4.69) is 52.4 Å². The second-order valence-electron chi connectivity index (χ2n) is 4.84. The highest BCUT2D eigenvalue weighted by Gasteiger charge is 2.06. The molecule has 2 aromatic rings. The van der Waals surface area contributed by atoms with E-state index >= 15 is 0 Å². The molecule has 0 aromatic heterocycles. The zero-order valence-electron chi connectivity index (χ0n) is 12.5. The molecule has 0 amide bonds. The number of hydrogen-bond acceptors (Lipinski definition) is 3. The van der Waals surface area contributed by atoms with E-state index in [1.165, 1.54) is 11.1 Å². The summed E-state index contributed by atoms with van der Waals surface area (Å²) in [6, 6.07) is 14.5. The van der Waals surface area contributed by atoms with Crippen LogP contribution in [0.15, 0.2) is 46.9 Å². The summed E-state index contributed by atoms with van der Waals surface area (Å²) in [5.41, 5.74) is 2.45. The fourth-order valence-corrected chi connectivity index (χ4v) is 2.69. The zero-order chi connectivity index (χ0) is 15.2. The van der Waals surface area contributed by atoms with Crippen molar-refractivity contribution < 1.29 is 9.47 Å². The Hall–Kier alpha value is -1.52. The van der Waals surface area contributed by atoms with E-state index in [4.69, 9.17) is 9.47 Å². The van der Waals surface area contributed by atoms with Gasteiger partial charge in [-0.3, -0.25) is 0 Å². The van der Waals surface area contributed by atoms with Crippen LogP contribution < -0.4 is 14.8 Å². The predicted molar refractivity (Wildman–Crippen MR) is 88.9 cm³/mol. The largest absolute Gasteiger partial charge is 0.497 e. The predicted octanol–water partition coefficient (Wildman–Crippen LogP) is 4.32. The number of methoxy groups -OCH3 is 2. The van der Waals surface area contributed by atoms with Crippen LogP contribution in [0, 0.1) is 0 Å². The summed E-state index contributed by atoms with van der Waals surface area (Å²) in [4.78, 5) is 0. The number of nitrogens with one attached hydrogen (secondary N) is 1. The zero-order valence-corrected chi connectivity index (χ0v) is 14.1. The van der Waals surface area contributed by atoms with Gasteiger partial charge in [0, 0.05) is 12.6 Å². The van der Waals surface area contributed by atoms with E-state index in [0.29, 0.717) is 0 Å². The standard InChI is InChI=1S/C17H20BrNO2/c1-12(14-5-7-15(20-2)8-6-14)19-11-13-4-9-17(21-3)16(18)10-13/h4-10,12,19H,11H2,1-3H3/t12-/m0/s1. The third-order valence-electron chi connectivity index (χ3n) is 3.44. The fourth-order valence-electron chi connectivity index (χ4n) is 2.10. The van der Waals surface area contributed by atoms with E-state index in [-0.39, 0.29) is 6.04 Å². The highest BCUT2D eigenvalue weighted by Crippen LogP contribution is 2.26. The van der Waals surface area contributed by atoms with Crippen LogP contribution in [0.1, 0.15) is 24.1 Å². The van der Waals surface area contributed by atoms with Crippen LogP contribution >= 0.6 is 15.9 Å². The first-order chi connectivity index (χ1) is 10.1. The van der Waals surface area contributed by atoms with Gasteiger partial charge < -0.3 is 14.8 Å². The molecule has 1 N–H and O–H groups in total. The molecule has 0 radical (unpaired) electrons. The first-order valence-corrected chi connectivity index (χ1v) is 7.63. The minimum Gasteiger partial charge on any atom is -0.497 e. The molecule has 2 rings (SSSR count). The Morgan fingerprint density at radius 1 is 1.05 bits per heavy atom. The Kier molecular flexibility index (Phi) is 5.65. The highest BCUT2D eigenvalue weighted by molar-refractivity contribution is 9.10. The van der Waals surface area contributed by atoms with Crippen molar-refractivity contribution in [3.63, 3.8) is 0 Å². The Morgan fingerprint density at radius 2 is 1.76 bits per heavy atom. The van der Waals surface area contributed by atoms with Crippen molar-refractivity contribution in [3.05, 3.63) is 58.1 Å². The van der Waals surface area contributed by atoms with E-state index in [9.17, 15) is 0 Å². The maximum absolute atomic E-state index is 5.24. The van der Waals surface area contributed by atoms with Gasteiger partial charge >= 0.3 is 0 Å². The number of benzene rings is 2. The smallest absolute Gasteiger partial charge is 0.133 e. The minimum atomic E-state index is 0.275. The summed E-state index contributed by atoms with van der Waals surface area (Å²) in [6.07, 6.45) is 0. The second kappa shape index (κ2) is 7.48. The molecule has 112 valence electrons. The van der Waals surface area contributed by atoms with Gasteiger partial charge in [-0.15, -0.1) is 0 Å². The van der Waals surface area contributed by atoms with Gasteiger partial charge in [0.15, 0.2) is 0 Å². The Bertz CT molecular complexity index is 584. The Balaban J connectivity index is 1.96. The molecule has 0 bridgehead atoms. The average Bonchev–Trinajstić information content (AvgIpc) is 2.52. The van der Waals surface area contributed by atoms with Crippen LogP contribution in [0.25, 0.3) is 0 Å². The van der Waals surface area contributed by atoms with Crippen molar-refractivity contribution in [1.29, 1.82) is 0 Å². The molecule has 2 aromatic carbocycles. The van der Waals surface area contributed by atoms with Crippen molar-refractivity contribution in [2.45, 2.75) is 19.5 Å². The van der Waals surface area contributed by atoms with Gasteiger partial charge in [0.05, 0.1) is 18.7 Å². The number of hydrogen-bond donors (Lipinski definition) is 1. The lowest BCUT2D eigenvalue weighted by Gasteiger charge is -2.15. The van der Waals surface area contributed by atoms with Crippen molar-refractivity contribution in [2.24, 2.45) is 0 Å². The van der Waals surface area contributed by atoms with Crippen LogP contribution in [0.3, 0.4) is 0 Å². The molecule has 0 heterocycles. The molecule has 0 saturated carbocycles. The van der Waals surface area contributed by atoms with Gasteiger partial charge in [0.1, 0.15) is 11.5 Å². The molecule has 1 atom stereocenters. The van der Waals surface area contributed by atoms with Crippen molar-refractivity contribution >= 4 is 15.9 Å². The fraction of sp³-hybridized carbons (Fsp3) is 0.294. The number of halogens is 1. The van der Waals surface area contributed by atoms with Crippen LogP contribution in [-0.2, 0) is 6.54 Å². The van der Waals surface area contributed by atoms with Crippen molar-refractivity contribution in [3.8, 4) is 11.5 Å². The minimum absolute atomic E-state index is 0.275. The van der Waals surface area contributed by atoms with Crippen molar-refractivity contribution in [1.82, 2.24) is 5.32 Å². The molecule has 0 saturated heterocycles. The molecule has 0 aliphatic carbocycles. The highest BCUT2D eigenvalue weighted by atomic mass is 79.9. The van der Waals surface area contributed by atoms with E-state index in [1.807, 2.05) is 18.2 Å². The maximum atomic E-state index is 5.24. The third kappa shape index (κ3) is 4.22. The van der Waals surface area contributed by atoms with Crippen LogP contribution in [0.4, 0.5) is 0 Å². The van der Waals surface area contributed by atoms with Gasteiger partial charge in [0.25, 0.3) is 0 Å². The Morgan fingerprint density at radius 3 is 2.33 bits per heavy atom. The molecule has 0 aliphatic rings. The number of ether oxygens (including phenoxy) is 2. The first kappa shape index (κ1) is 15.9. The molecule has 0 spiro atoms. The molecule has 0 aliphatic heterocycles. The summed E-state index contributed by atoms with van der Waals surface area (Å²) in [6.45, 7) is 2.95. The quantitative estimate of drug-likeness (QED) is 0.842. The topological polar surface area (TPSA) is 30.5 Å². The SMILES string of the molecule is COc1ccc([C@H](C)NCc2ccc(OC)c(Br)c2)cc1. The van der Waals surface area contributed by atoms with E-state index < -0.39 is 0 Å². The average molecular weight is 350 g/mol. The van der Waals surface area contributed by atoms with Gasteiger partial charge in [-0.25, -0.2) is 0 Å². The van der Waals surface area contributed by atoms with Gasteiger partial charge in [0.2, 0.25) is 0 Å². The summed E-state index contributed by atoms with van der Waals surface area (Å²) < 4.78 is 11.4. The second-order valence-corrected chi connectivity index (χ2v) is 5.70. The summed E-state index contributed by atoms with van der Waals surface area (Å²) in [7, 11) is 3.35. The van der Waals surface area contributed by atoms with Crippen LogP contribution in [-0.4, -0.2) is 14.2 Å². The monoisotopic (exact) mass is 349 g/mol. The summed E-state index contributed by atoms with van der Waals surface area (Å²) >= 11 is 3.51. The molecule has 0 fully saturated rings. The Labute approximate surface area is 134 Å². The first-order valence-electron chi connectivity index (χ1n) is 6.83. The van der Waals surface area contributed by atoms with Gasteiger partial charge in [-0.2, -0.15) is 0 Å². The van der Waals surface area contributed by atoms with Crippen molar-refractivity contribution in [2.75, 3.05) is 14.2 Å². The van der Waals surface area contributed by atoms with Gasteiger partial charge in [-0.05, 0) is 58.2 Å². The molecular weight excluding hydrogens is 330 g/mol. The molecule has 21 heavy (non-hydrogen) atoms. The molecule has 3 nitrogen and oxygen atoms in total. The maximum Gasteiger partial charge on any atom is 0.133 e. The normalized spacial score (nSPS) is 12.0. The molecular formula is C17H20BrNO2. The summed E-state index contributed by atoms with van der Waals surface area (Å²) in [5, 5.41) is 3.51. The van der Waals surface area contributed by atoms with E-state index in [1.54, 1.807) is 14.2 Å². The van der Waals surface area contributed by atoms with E-state index in [0.717, 1.165) is 22.5 Å². The molecule has 4 heteroatoms. The van der Waals surface area contributed by atoms with Gasteiger partial charge in [-0.1, -0.05) is 18.2 Å². The lowest BCUT2D eigenvalue weighted by atomic mass is 10.1. The number of rotatable bonds is 6. The lowest BCUT2D eigenvalue weighted by Crippen LogP contribution is -2.18. The lowest BCUT2D eigenvalue weighted by molar-refractivity contribution is 0.412.